The normalized spacial score (nSPS) is 29.1. The zero-order chi connectivity index (χ0) is 13.2. The molecular formula is C15H25NO2. The first kappa shape index (κ1) is 13.6. The van der Waals surface area contributed by atoms with Crippen molar-refractivity contribution < 1.29 is 9.52 Å². The van der Waals surface area contributed by atoms with E-state index in [-0.39, 0.29) is 0 Å². The largest absolute Gasteiger partial charge is 0.467 e. The lowest BCUT2D eigenvalue weighted by molar-refractivity contribution is 0.113. The van der Waals surface area contributed by atoms with E-state index >= 15 is 0 Å². The van der Waals surface area contributed by atoms with Crippen LogP contribution in [0.2, 0.25) is 0 Å². The number of furan rings is 1. The van der Waals surface area contributed by atoms with Crippen molar-refractivity contribution >= 4 is 0 Å². The second-order valence-electron chi connectivity index (χ2n) is 6.43. The van der Waals surface area contributed by atoms with E-state index in [0.29, 0.717) is 29.7 Å². The van der Waals surface area contributed by atoms with Gasteiger partial charge in [-0.25, -0.2) is 0 Å². The summed E-state index contributed by atoms with van der Waals surface area (Å²) in [6, 6.07) is 4.15. The molecule has 102 valence electrons. The monoisotopic (exact) mass is 251 g/mol. The number of nitrogens with one attached hydrogen (secondary N) is 1. The van der Waals surface area contributed by atoms with Crippen LogP contribution in [0.1, 0.15) is 51.9 Å². The molecule has 0 saturated heterocycles. The van der Waals surface area contributed by atoms with E-state index in [2.05, 4.69) is 26.1 Å². The Morgan fingerprint density at radius 2 is 2.33 bits per heavy atom. The molecule has 1 saturated carbocycles. The fraction of sp³-hybridized carbons (Fsp3) is 0.733. The average Bonchev–Trinajstić information content (AvgIpc) is 2.80. The summed E-state index contributed by atoms with van der Waals surface area (Å²) >= 11 is 0. The van der Waals surface area contributed by atoms with Gasteiger partial charge in [-0.3, -0.25) is 0 Å². The molecule has 1 aromatic heterocycles. The molecule has 1 heterocycles. The standard InChI is InChI=1S/C15H25NO2/c1-11-9-15(2,3)7-6-12(11)16-10-13(17)14-5-4-8-18-14/h4-5,8,11-13,16-17H,6-7,9-10H2,1-3H3. The van der Waals surface area contributed by atoms with Crippen molar-refractivity contribution in [3.63, 3.8) is 0 Å². The minimum Gasteiger partial charge on any atom is -0.467 e. The van der Waals surface area contributed by atoms with Gasteiger partial charge in [0.2, 0.25) is 0 Å². The van der Waals surface area contributed by atoms with Crippen molar-refractivity contribution in [2.24, 2.45) is 11.3 Å². The molecule has 1 fully saturated rings. The number of aliphatic hydroxyl groups is 1. The SMILES string of the molecule is CC1CC(C)(C)CCC1NCC(O)c1ccco1. The maximum Gasteiger partial charge on any atom is 0.133 e. The highest BCUT2D eigenvalue weighted by Crippen LogP contribution is 2.38. The van der Waals surface area contributed by atoms with Gasteiger partial charge in [0.15, 0.2) is 0 Å². The topological polar surface area (TPSA) is 45.4 Å². The van der Waals surface area contributed by atoms with E-state index in [9.17, 15) is 5.11 Å². The Morgan fingerprint density at radius 3 is 2.94 bits per heavy atom. The second-order valence-corrected chi connectivity index (χ2v) is 6.43. The number of rotatable bonds is 4. The van der Waals surface area contributed by atoms with E-state index in [0.717, 1.165) is 0 Å². The molecule has 1 aliphatic carbocycles. The molecule has 18 heavy (non-hydrogen) atoms. The Labute approximate surface area is 110 Å². The lowest BCUT2D eigenvalue weighted by Crippen LogP contribution is -2.43. The van der Waals surface area contributed by atoms with Gasteiger partial charge in [-0.2, -0.15) is 0 Å². The Balaban J connectivity index is 1.80. The number of aliphatic hydroxyl groups excluding tert-OH is 1. The second kappa shape index (κ2) is 5.45. The summed E-state index contributed by atoms with van der Waals surface area (Å²) in [4.78, 5) is 0. The summed E-state index contributed by atoms with van der Waals surface area (Å²) in [5.41, 5.74) is 0.469. The molecule has 0 amide bonds. The summed E-state index contributed by atoms with van der Waals surface area (Å²) in [6.45, 7) is 7.57. The summed E-state index contributed by atoms with van der Waals surface area (Å²) < 4.78 is 5.21. The smallest absolute Gasteiger partial charge is 0.133 e. The molecule has 3 atom stereocenters. The van der Waals surface area contributed by atoms with Crippen LogP contribution in [0.15, 0.2) is 22.8 Å². The third-order valence-electron chi connectivity index (χ3n) is 4.14. The maximum atomic E-state index is 9.97. The van der Waals surface area contributed by atoms with Crippen LogP contribution in [-0.2, 0) is 0 Å². The lowest BCUT2D eigenvalue weighted by Gasteiger charge is -2.39. The highest BCUT2D eigenvalue weighted by Gasteiger charge is 2.32. The van der Waals surface area contributed by atoms with Crippen LogP contribution in [0.5, 0.6) is 0 Å². The van der Waals surface area contributed by atoms with Gasteiger partial charge in [-0.15, -0.1) is 0 Å². The van der Waals surface area contributed by atoms with Crippen molar-refractivity contribution in [3.8, 4) is 0 Å². The molecule has 0 radical (unpaired) electrons. The zero-order valence-electron chi connectivity index (χ0n) is 11.6. The Morgan fingerprint density at radius 1 is 1.56 bits per heavy atom. The van der Waals surface area contributed by atoms with Crippen LogP contribution in [0.4, 0.5) is 0 Å². The van der Waals surface area contributed by atoms with Gasteiger partial charge in [0.1, 0.15) is 11.9 Å². The molecule has 0 spiro atoms. The first-order valence-electron chi connectivity index (χ1n) is 6.93. The van der Waals surface area contributed by atoms with Gasteiger partial charge in [0.05, 0.1) is 6.26 Å². The first-order chi connectivity index (χ1) is 8.48. The van der Waals surface area contributed by atoms with E-state index in [4.69, 9.17) is 4.42 Å². The molecule has 1 aliphatic rings. The van der Waals surface area contributed by atoms with E-state index in [1.54, 1.807) is 6.26 Å². The zero-order valence-corrected chi connectivity index (χ0v) is 11.6. The minimum atomic E-state index is -0.540. The van der Waals surface area contributed by atoms with Gasteiger partial charge >= 0.3 is 0 Å². The van der Waals surface area contributed by atoms with Crippen LogP contribution < -0.4 is 5.32 Å². The van der Waals surface area contributed by atoms with E-state index in [1.165, 1.54) is 19.3 Å². The van der Waals surface area contributed by atoms with Crippen LogP contribution in [0.25, 0.3) is 0 Å². The summed E-state index contributed by atoms with van der Waals surface area (Å²) in [5.74, 6) is 1.31. The Hall–Kier alpha value is -0.800. The van der Waals surface area contributed by atoms with Crippen molar-refractivity contribution in [2.45, 2.75) is 52.2 Å². The van der Waals surface area contributed by atoms with E-state index < -0.39 is 6.10 Å². The maximum absolute atomic E-state index is 9.97. The molecule has 3 unspecified atom stereocenters. The molecule has 2 N–H and O–H groups in total. The molecule has 2 rings (SSSR count). The summed E-state index contributed by atoms with van der Waals surface area (Å²) in [5, 5.41) is 13.5. The fourth-order valence-electron chi connectivity index (χ4n) is 3.09. The fourth-order valence-corrected chi connectivity index (χ4v) is 3.09. The van der Waals surface area contributed by atoms with Crippen LogP contribution in [0.3, 0.4) is 0 Å². The van der Waals surface area contributed by atoms with Gasteiger partial charge in [-0.05, 0) is 42.7 Å². The summed E-state index contributed by atoms with van der Waals surface area (Å²) in [7, 11) is 0. The molecule has 1 aromatic rings. The quantitative estimate of drug-likeness (QED) is 0.864. The van der Waals surface area contributed by atoms with Crippen molar-refractivity contribution in [1.82, 2.24) is 5.32 Å². The third-order valence-corrected chi connectivity index (χ3v) is 4.14. The Kier molecular flexibility index (Phi) is 4.13. The summed E-state index contributed by atoms with van der Waals surface area (Å²) in [6.07, 6.45) is 4.76. The van der Waals surface area contributed by atoms with Crippen LogP contribution >= 0.6 is 0 Å². The van der Waals surface area contributed by atoms with Crippen molar-refractivity contribution in [2.75, 3.05) is 6.54 Å². The van der Waals surface area contributed by atoms with Gasteiger partial charge in [0, 0.05) is 12.6 Å². The highest BCUT2D eigenvalue weighted by atomic mass is 16.4. The molecule has 0 aliphatic heterocycles. The van der Waals surface area contributed by atoms with Gasteiger partial charge in [0.25, 0.3) is 0 Å². The highest BCUT2D eigenvalue weighted by molar-refractivity contribution is 5.02. The Bertz CT molecular complexity index is 359. The van der Waals surface area contributed by atoms with E-state index in [1.807, 2.05) is 12.1 Å². The predicted octanol–water partition coefficient (Wildman–Crippen LogP) is 3.12. The lowest BCUT2D eigenvalue weighted by atomic mass is 9.70. The molecule has 3 nitrogen and oxygen atoms in total. The van der Waals surface area contributed by atoms with Crippen molar-refractivity contribution in [1.29, 1.82) is 0 Å². The molecule has 3 heteroatoms. The first-order valence-corrected chi connectivity index (χ1v) is 6.93. The minimum absolute atomic E-state index is 0.469. The van der Waals surface area contributed by atoms with Crippen molar-refractivity contribution in [3.05, 3.63) is 24.2 Å². The predicted molar refractivity (Wildman–Crippen MR) is 72.3 cm³/mol. The molecule has 0 bridgehead atoms. The average molecular weight is 251 g/mol. The third kappa shape index (κ3) is 3.36. The number of hydrogen-bond acceptors (Lipinski definition) is 3. The van der Waals surface area contributed by atoms with Gasteiger partial charge in [-0.1, -0.05) is 20.8 Å². The van der Waals surface area contributed by atoms with Gasteiger partial charge < -0.3 is 14.8 Å². The molecular weight excluding hydrogens is 226 g/mol. The van der Waals surface area contributed by atoms with Crippen LogP contribution in [0, 0.1) is 11.3 Å². The van der Waals surface area contributed by atoms with Crippen LogP contribution in [-0.4, -0.2) is 17.7 Å². The number of hydrogen-bond donors (Lipinski definition) is 2. The molecule has 0 aromatic carbocycles.